The second-order valence-electron chi connectivity index (χ2n) is 3.02. The maximum absolute atomic E-state index is 11.4. The summed E-state index contributed by atoms with van der Waals surface area (Å²) in [5, 5.41) is 9.43. The summed E-state index contributed by atoms with van der Waals surface area (Å²) < 4.78 is 5.27. The Balaban J connectivity index is 2.65. The standard InChI is InChI=1S/C11H14O3/c1-3-5-8(12)11-7-9(13)10(14-11)6-4-2/h3-6,11,13H,7H2,1-2H3/b5-3+,6-4+. The molecular formula is C11H14O3. The molecule has 0 aromatic rings. The van der Waals surface area contributed by atoms with Crippen LogP contribution in [0, 0.1) is 0 Å². The Morgan fingerprint density at radius 2 is 2.21 bits per heavy atom. The topological polar surface area (TPSA) is 46.5 Å². The minimum absolute atomic E-state index is 0.112. The summed E-state index contributed by atoms with van der Waals surface area (Å²) in [4.78, 5) is 11.4. The van der Waals surface area contributed by atoms with E-state index in [2.05, 4.69) is 0 Å². The molecule has 0 fully saturated rings. The van der Waals surface area contributed by atoms with Crippen LogP contribution in [0.4, 0.5) is 0 Å². The van der Waals surface area contributed by atoms with Crippen molar-refractivity contribution in [3.8, 4) is 0 Å². The van der Waals surface area contributed by atoms with Crippen molar-refractivity contribution < 1.29 is 14.6 Å². The number of hydrogen-bond donors (Lipinski definition) is 1. The average Bonchev–Trinajstić information content (AvgIpc) is 2.49. The second-order valence-corrected chi connectivity index (χ2v) is 3.02. The molecule has 0 saturated heterocycles. The number of carbonyl (C=O) groups excluding carboxylic acids is 1. The summed E-state index contributed by atoms with van der Waals surface area (Å²) in [7, 11) is 0. The summed E-state index contributed by atoms with van der Waals surface area (Å²) in [6.07, 6.45) is 6.24. The highest BCUT2D eigenvalue weighted by atomic mass is 16.5. The molecule has 0 amide bonds. The highest BCUT2D eigenvalue weighted by Crippen LogP contribution is 2.24. The van der Waals surface area contributed by atoms with Gasteiger partial charge in [-0.15, -0.1) is 0 Å². The van der Waals surface area contributed by atoms with Crippen LogP contribution in [0.15, 0.2) is 35.8 Å². The van der Waals surface area contributed by atoms with E-state index < -0.39 is 6.10 Å². The van der Waals surface area contributed by atoms with Gasteiger partial charge in [0.25, 0.3) is 0 Å². The number of aliphatic hydroxyl groups excluding tert-OH is 1. The molecule has 1 aliphatic rings. The Kier molecular flexibility index (Phi) is 3.51. The lowest BCUT2D eigenvalue weighted by molar-refractivity contribution is -0.122. The third kappa shape index (κ3) is 2.25. The van der Waals surface area contributed by atoms with Crippen molar-refractivity contribution in [3.05, 3.63) is 35.8 Å². The Labute approximate surface area is 83.4 Å². The lowest BCUT2D eigenvalue weighted by Gasteiger charge is -2.06. The molecule has 0 saturated carbocycles. The maximum Gasteiger partial charge on any atom is 0.196 e. The molecule has 3 nitrogen and oxygen atoms in total. The molecule has 14 heavy (non-hydrogen) atoms. The van der Waals surface area contributed by atoms with Gasteiger partial charge in [0.05, 0.1) is 6.42 Å². The zero-order valence-electron chi connectivity index (χ0n) is 8.36. The van der Waals surface area contributed by atoms with E-state index in [-0.39, 0.29) is 18.0 Å². The minimum atomic E-state index is -0.558. The first-order valence-electron chi connectivity index (χ1n) is 4.57. The lowest BCUT2D eigenvalue weighted by atomic mass is 10.1. The number of hydrogen-bond acceptors (Lipinski definition) is 3. The summed E-state index contributed by atoms with van der Waals surface area (Å²) >= 11 is 0. The van der Waals surface area contributed by atoms with E-state index >= 15 is 0 Å². The van der Waals surface area contributed by atoms with Crippen molar-refractivity contribution in [3.63, 3.8) is 0 Å². The predicted molar refractivity (Wildman–Crippen MR) is 53.8 cm³/mol. The Hall–Kier alpha value is -1.51. The summed E-state index contributed by atoms with van der Waals surface area (Å²) in [6, 6.07) is 0. The van der Waals surface area contributed by atoms with E-state index in [0.717, 1.165) is 0 Å². The molecule has 0 spiro atoms. The molecule has 76 valence electrons. The van der Waals surface area contributed by atoms with Crippen molar-refractivity contribution in [2.75, 3.05) is 0 Å². The van der Waals surface area contributed by atoms with Gasteiger partial charge in [0.15, 0.2) is 17.6 Å². The monoisotopic (exact) mass is 194 g/mol. The van der Waals surface area contributed by atoms with Gasteiger partial charge in [-0.3, -0.25) is 4.79 Å². The van der Waals surface area contributed by atoms with Gasteiger partial charge in [-0.2, -0.15) is 0 Å². The zero-order chi connectivity index (χ0) is 10.6. The van der Waals surface area contributed by atoms with Crippen LogP contribution in [-0.2, 0) is 9.53 Å². The number of ether oxygens (including phenoxy) is 1. The summed E-state index contributed by atoms with van der Waals surface area (Å²) in [6.45, 7) is 3.59. The largest absolute Gasteiger partial charge is 0.508 e. The lowest BCUT2D eigenvalue weighted by Crippen LogP contribution is -2.17. The quantitative estimate of drug-likeness (QED) is 0.701. The first-order chi connectivity index (χ1) is 6.69. The van der Waals surface area contributed by atoms with E-state index in [1.54, 1.807) is 25.2 Å². The molecule has 1 atom stereocenters. The SMILES string of the molecule is C/C=C/C(=O)C1CC(O)=C(/C=C/C)O1. The van der Waals surface area contributed by atoms with E-state index in [1.165, 1.54) is 6.08 Å². The molecule has 0 aromatic heterocycles. The number of aliphatic hydroxyl groups is 1. The zero-order valence-corrected chi connectivity index (χ0v) is 8.36. The van der Waals surface area contributed by atoms with Gasteiger partial charge in [0.1, 0.15) is 5.76 Å². The van der Waals surface area contributed by atoms with Gasteiger partial charge in [-0.1, -0.05) is 12.2 Å². The van der Waals surface area contributed by atoms with Crippen LogP contribution in [0.25, 0.3) is 0 Å². The third-order valence-corrected chi connectivity index (χ3v) is 1.90. The normalized spacial score (nSPS) is 22.3. The number of allylic oxidation sites excluding steroid dienone is 3. The van der Waals surface area contributed by atoms with Gasteiger partial charge < -0.3 is 9.84 Å². The molecular weight excluding hydrogens is 180 g/mol. The Bertz CT molecular complexity index is 310. The maximum atomic E-state index is 11.4. The number of rotatable bonds is 3. The van der Waals surface area contributed by atoms with E-state index in [4.69, 9.17) is 4.74 Å². The Morgan fingerprint density at radius 3 is 2.79 bits per heavy atom. The van der Waals surface area contributed by atoms with Crippen molar-refractivity contribution in [2.24, 2.45) is 0 Å². The summed E-state index contributed by atoms with van der Waals surface area (Å²) in [5.74, 6) is 0.430. The molecule has 1 N–H and O–H groups in total. The molecule has 0 aliphatic carbocycles. The van der Waals surface area contributed by atoms with Gasteiger partial charge >= 0.3 is 0 Å². The molecule has 0 radical (unpaired) electrons. The fraction of sp³-hybridized carbons (Fsp3) is 0.364. The Morgan fingerprint density at radius 1 is 1.50 bits per heavy atom. The van der Waals surface area contributed by atoms with Crippen LogP contribution in [0.3, 0.4) is 0 Å². The third-order valence-electron chi connectivity index (χ3n) is 1.90. The molecule has 1 rings (SSSR count). The van der Waals surface area contributed by atoms with Gasteiger partial charge in [-0.25, -0.2) is 0 Å². The fourth-order valence-electron chi connectivity index (χ4n) is 1.26. The minimum Gasteiger partial charge on any atom is -0.508 e. The first-order valence-corrected chi connectivity index (χ1v) is 4.57. The van der Waals surface area contributed by atoms with Crippen molar-refractivity contribution in [1.29, 1.82) is 0 Å². The number of carbonyl (C=O) groups is 1. The van der Waals surface area contributed by atoms with Crippen molar-refractivity contribution >= 4 is 5.78 Å². The number of ketones is 1. The fourth-order valence-corrected chi connectivity index (χ4v) is 1.26. The smallest absolute Gasteiger partial charge is 0.196 e. The highest BCUT2D eigenvalue weighted by molar-refractivity contribution is 5.94. The molecule has 1 aliphatic heterocycles. The molecule has 1 heterocycles. The van der Waals surface area contributed by atoms with Crippen LogP contribution in [0.5, 0.6) is 0 Å². The second kappa shape index (κ2) is 4.65. The van der Waals surface area contributed by atoms with E-state index in [1.807, 2.05) is 6.92 Å². The van der Waals surface area contributed by atoms with Crippen LogP contribution in [-0.4, -0.2) is 17.0 Å². The first kappa shape index (κ1) is 10.6. The molecule has 1 unspecified atom stereocenters. The molecule has 0 aromatic carbocycles. The van der Waals surface area contributed by atoms with Gasteiger partial charge in [0.2, 0.25) is 0 Å². The van der Waals surface area contributed by atoms with Crippen molar-refractivity contribution in [2.45, 2.75) is 26.4 Å². The summed E-state index contributed by atoms with van der Waals surface area (Å²) in [5.41, 5.74) is 0. The van der Waals surface area contributed by atoms with Crippen LogP contribution < -0.4 is 0 Å². The molecule has 0 bridgehead atoms. The molecule has 3 heteroatoms. The predicted octanol–water partition coefficient (Wildman–Crippen LogP) is 2.27. The van der Waals surface area contributed by atoms with Crippen LogP contribution >= 0.6 is 0 Å². The highest BCUT2D eigenvalue weighted by Gasteiger charge is 2.28. The van der Waals surface area contributed by atoms with Gasteiger partial charge in [-0.05, 0) is 26.0 Å². The van der Waals surface area contributed by atoms with E-state index in [0.29, 0.717) is 5.76 Å². The van der Waals surface area contributed by atoms with Gasteiger partial charge in [0, 0.05) is 0 Å². The van der Waals surface area contributed by atoms with Crippen molar-refractivity contribution in [1.82, 2.24) is 0 Å². The van der Waals surface area contributed by atoms with Crippen LogP contribution in [0.2, 0.25) is 0 Å². The van der Waals surface area contributed by atoms with Crippen LogP contribution in [0.1, 0.15) is 20.3 Å². The van der Waals surface area contributed by atoms with E-state index in [9.17, 15) is 9.90 Å². The average molecular weight is 194 g/mol.